The summed E-state index contributed by atoms with van der Waals surface area (Å²) in [6.07, 6.45) is 2.34. The number of rotatable bonds is 3. The van der Waals surface area contributed by atoms with E-state index in [-0.39, 0.29) is 17.0 Å². The van der Waals surface area contributed by atoms with E-state index in [9.17, 15) is 13.2 Å². The molecule has 114 valence electrons. The average Bonchev–Trinajstić information content (AvgIpc) is 2.73. The van der Waals surface area contributed by atoms with Gasteiger partial charge in [0, 0.05) is 36.4 Å². The van der Waals surface area contributed by atoms with Crippen molar-refractivity contribution in [3.8, 4) is 0 Å². The van der Waals surface area contributed by atoms with Gasteiger partial charge in [0.25, 0.3) is 0 Å². The molecule has 4 nitrogen and oxygen atoms in total. The van der Waals surface area contributed by atoms with Gasteiger partial charge in [-0.15, -0.1) is 0 Å². The smallest absolute Gasteiger partial charge is 0.215 e. The van der Waals surface area contributed by atoms with E-state index in [2.05, 4.69) is 13.8 Å². The van der Waals surface area contributed by atoms with E-state index in [0.29, 0.717) is 25.4 Å². The molecule has 2 atom stereocenters. The van der Waals surface area contributed by atoms with Crippen LogP contribution in [0.2, 0.25) is 0 Å². The third-order valence-corrected chi connectivity index (χ3v) is 8.88. The first kappa shape index (κ1) is 14.9. The summed E-state index contributed by atoms with van der Waals surface area (Å²) < 4.78 is 27.0. The fourth-order valence-electron chi connectivity index (χ4n) is 4.34. The van der Waals surface area contributed by atoms with Gasteiger partial charge in [0.05, 0.1) is 5.75 Å². The second-order valence-corrected chi connectivity index (χ2v) is 10.1. The molecule has 0 amide bonds. The Bertz CT molecular complexity index is 523. The Labute approximate surface area is 125 Å². The molecule has 3 fully saturated rings. The molecule has 0 radical (unpaired) electrons. The minimum absolute atomic E-state index is 0.0347. The number of hydrogen-bond acceptors (Lipinski definition) is 4. The zero-order chi connectivity index (χ0) is 14.6. The first-order chi connectivity index (χ1) is 9.30. The maximum Gasteiger partial charge on any atom is 0.215 e. The Morgan fingerprint density at radius 2 is 1.95 bits per heavy atom. The highest BCUT2D eigenvalue weighted by Gasteiger charge is 2.65. The van der Waals surface area contributed by atoms with E-state index >= 15 is 0 Å². The summed E-state index contributed by atoms with van der Waals surface area (Å²) in [5, 5.41) is 0. The maximum atomic E-state index is 12.7. The Morgan fingerprint density at radius 3 is 2.45 bits per heavy atom. The number of Topliss-reactive ketones (excluding diaryl/α,β-unsaturated/α-hetero) is 1. The van der Waals surface area contributed by atoms with Crippen molar-refractivity contribution in [1.82, 2.24) is 4.31 Å². The maximum absolute atomic E-state index is 12.7. The highest BCUT2D eigenvalue weighted by atomic mass is 32.2. The van der Waals surface area contributed by atoms with Crippen molar-refractivity contribution in [2.24, 2.45) is 16.7 Å². The van der Waals surface area contributed by atoms with E-state index in [1.54, 1.807) is 16.1 Å². The molecule has 2 bridgehead atoms. The van der Waals surface area contributed by atoms with Crippen LogP contribution < -0.4 is 0 Å². The van der Waals surface area contributed by atoms with Crippen LogP contribution in [0.3, 0.4) is 0 Å². The summed E-state index contributed by atoms with van der Waals surface area (Å²) in [7, 11) is -3.32. The topological polar surface area (TPSA) is 54.5 Å². The van der Waals surface area contributed by atoms with Gasteiger partial charge in [0.2, 0.25) is 10.0 Å². The summed E-state index contributed by atoms with van der Waals surface area (Å²) in [6, 6.07) is 0. The fourth-order valence-corrected chi connectivity index (χ4v) is 7.69. The second-order valence-electron chi connectivity index (χ2n) is 6.93. The Hall–Kier alpha value is -0.0700. The minimum Gasteiger partial charge on any atom is -0.299 e. The van der Waals surface area contributed by atoms with Crippen LogP contribution in [0.4, 0.5) is 0 Å². The molecular formula is C14H23NO3S2. The SMILES string of the molecule is CC1(C)C2CCC1(CS(=O)(=O)N1CCSCC1)C(=O)C2. The molecule has 2 aliphatic carbocycles. The van der Waals surface area contributed by atoms with Crippen LogP contribution in [0.15, 0.2) is 0 Å². The summed E-state index contributed by atoms with van der Waals surface area (Å²) in [5.41, 5.74) is -0.789. The summed E-state index contributed by atoms with van der Waals surface area (Å²) in [5.74, 6) is 2.33. The number of carbonyl (C=O) groups excluding carboxylic acids is 1. The van der Waals surface area contributed by atoms with Crippen LogP contribution in [-0.4, -0.2) is 48.9 Å². The Balaban J connectivity index is 1.88. The van der Waals surface area contributed by atoms with E-state index in [4.69, 9.17) is 0 Å². The third kappa shape index (κ3) is 1.98. The molecule has 0 N–H and O–H groups in total. The van der Waals surface area contributed by atoms with Crippen molar-refractivity contribution in [2.75, 3.05) is 30.3 Å². The van der Waals surface area contributed by atoms with E-state index in [1.807, 2.05) is 0 Å². The van der Waals surface area contributed by atoms with Gasteiger partial charge < -0.3 is 0 Å². The zero-order valence-corrected chi connectivity index (χ0v) is 13.9. The molecule has 0 aromatic heterocycles. The quantitative estimate of drug-likeness (QED) is 0.796. The lowest BCUT2D eigenvalue weighted by Gasteiger charge is -2.38. The van der Waals surface area contributed by atoms with Gasteiger partial charge in [-0.05, 0) is 24.2 Å². The molecule has 1 aliphatic heterocycles. The normalized spacial score (nSPS) is 37.5. The predicted octanol–water partition coefficient (Wildman–Crippen LogP) is 1.76. The van der Waals surface area contributed by atoms with Crippen LogP contribution in [0.1, 0.15) is 33.1 Å². The summed E-state index contributed by atoms with van der Waals surface area (Å²) >= 11 is 1.80. The molecule has 2 unspecified atom stereocenters. The molecule has 20 heavy (non-hydrogen) atoms. The monoisotopic (exact) mass is 317 g/mol. The van der Waals surface area contributed by atoms with Crippen molar-refractivity contribution < 1.29 is 13.2 Å². The number of sulfonamides is 1. The highest BCUT2D eigenvalue weighted by molar-refractivity contribution is 7.99. The van der Waals surface area contributed by atoms with Crippen molar-refractivity contribution in [3.05, 3.63) is 0 Å². The van der Waals surface area contributed by atoms with Gasteiger partial charge in [-0.25, -0.2) is 12.7 Å². The zero-order valence-electron chi connectivity index (χ0n) is 12.2. The standard InChI is InChI=1S/C14H23NO3S2/c1-13(2)11-3-4-14(13,12(16)9-11)10-20(17,18)15-5-7-19-8-6-15/h11H,3-10H2,1-2H3. The van der Waals surface area contributed by atoms with Gasteiger partial charge in [0.1, 0.15) is 5.78 Å². The van der Waals surface area contributed by atoms with Crippen LogP contribution in [0.25, 0.3) is 0 Å². The number of thioether (sulfide) groups is 1. The molecule has 6 heteroatoms. The molecule has 3 aliphatic rings. The summed E-state index contributed by atoms with van der Waals surface area (Å²) in [4.78, 5) is 12.4. The van der Waals surface area contributed by atoms with Crippen LogP contribution >= 0.6 is 11.8 Å². The van der Waals surface area contributed by atoms with Gasteiger partial charge in [0.15, 0.2) is 0 Å². The van der Waals surface area contributed by atoms with Gasteiger partial charge in [-0.1, -0.05) is 13.8 Å². The van der Waals surface area contributed by atoms with Crippen molar-refractivity contribution in [1.29, 1.82) is 0 Å². The van der Waals surface area contributed by atoms with Gasteiger partial charge >= 0.3 is 0 Å². The molecule has 3 rings (SSSR count). The van der Waals surface area contributed by atoms with Crippen LogP contribution in [0.5, 0.6) is 0 Å². The number of hydrogen-bond donors (Lipinski definition) is 0. The lowest BCUT2D eigenvalue weighted by molar-refractivity contribution is -0.128. The van der Waals surface area contributed by atoms with Gasteiger partial charge in [-0.3, -0.25) is 4.79 Å². The molecule has 0 aromatic carbocycles. The lowest BCUT2D eigenvalue weighted by Crippen LogP contribution is -2.48. The highest BCUT2D eigenvalue weighted by Crippen LogP contribution is 2.64. The largest absolute Gasteiger partial charge is 0.299 e. The van der Waals surface area contributed by atoms with Gasteiger partial charge in [-0.2, -0.15) is 11.8 Å². The van der Waals surface area contributed by atoms with E-state index in [0.717, 1.165) is 24.3 Å². The average molecular weight is 317 g/mol. The van der Waals surface area contributed by atoms with Crippen molar-refractivity contribution in [3.63, 3.8) is 0 Å². The first-order valence-corrected chi connectivity index (χ1v) is 10.1. The predicted molar refractivity (Wildman–Crippen MR) is 81.2 cm³/mol. The fraction of sp³-hybridized carbons (Fsp3) is 0.929. The minimum atomic E-state index is -3.32. The number of ketones is 1. The van der Waals surface area contributed by atoms with Crippen LogP contribution in [0, 0.1) is 16.7 Å². The van der Waals surface area contributed by atoms with Crippen LogP contribution in [-0.2, 0) is 14.8 Å². The molecule has 2 saturated carbocycles. The molecular weight excluding hydrogens is 294 g/mol. The molecule has 1 saturated heterocycles. The third-order valence-electron chi connectivity index (χ3n) is 5.93. The number of nitrogens with zero attached hydrogens (tertiary/aromatic N) is 1. The number of carbonyl (C=O) groups is 1. The first-order valence-electron chi connectivity index (χ1n) is 7.38. The molecule has 1 heterocycles. The Kier molecular flexibility index (Phi) is 3.50. The lowest BCUT2D eigenvalue weighted by atomic mass is 9.70. The molecule has 0 spiro atoms. The van der Waals surface area contributed by atoms with Crippen molar-refractivity contribution >= 4 is 27.6 Å². The Morgan fingerprint density at radius 1 is 1.30 bits per heavy atom. The second kappa shape index (κ2) is 4.71. The molecule has 0 aromatic rings. The van der Waals surface area contributed by atoms with E-state index in [1.165, 1.54) is 0 Å². The summed E-state index contributed by atoms with van der Waals surface area (Å²) in [6.45, 7) is 5.39. The van der Waals surface area contributed by atoms with E-state index < -0.39 is 15.4 Å². The van der Waals surface area contributed by atoms with Crippen molar-refractivity contribution in [2.45, 2.75) is 33.1 Å². The number of fused-ring (bicyclic) bond motifs is 2.